The lowest BCUT2D eigenvalue weighted by molar-refractivity contribution is -0.146. The molecule has 0 aromatic heterocycles. The van der Waals surface area contributed by atoms with Gasteiger partial charge in [-0.3, -0.25) is 19.2 Å². The molecule has 0 aliphatic heterocycles. The van der Waals surface area contributed by atoms with E-state index in [0.717, 1.165) is 0 Å². The number of rotatable bonds is 16. The van der Waals surface area contributed by atoms with E-state index in [-0.39, 0.29) is 62.8 Å². The zero-order chi connectivity index (χ0) is 23.7. The van der Waals surface area contributed by atoms with Gasteiger partial charge in [0.15, 0.2) is 11.6 Å². The molecule has 176 valence electrons. The topological polar surface area (TPSA) is 96.0 Å². The smallest absolute Gasteiger partial charge is 0.305 e. The minimum Gasteiger partial charge on any atom is -0.463 e. The number of hydrogen-bond donors (Lipinski definition) is 0. The molecule has 0 atom stereocenters. The first-order valence-electron chi connectivity index (χ1n) is 11.1. The van der Waals surface area contributed by atoms with Crippen molar-refractivity contribution in [3.63, 3.8) is 0 Å². The number of hydrogen-bond acceptors (Lipinski definition) is 7. The van der Waals surface area contributed by atoms with E-state index in [2.05, 4.69) is 0 Å². The first kappa shape index (κ1) is 25.9. The fourth-order valence-electron chi connectivity index (χ4n) is 3.00. The fourth-order valence-corrected chi connectivity index (χ4v) is 3.00. The van der Waals surface area contributed by atoms with Crippen LogP contribution in [-0.2, 0) is 23.8 Å². The van der Waals surface area contributed by atoms with Crippen molar-refractivity contribution in [1.82, 2.24) is 0 Å². The Balaban J connectivity index is 1.41. The number of ether oxygens (including phenoxy) is 3. The van der Waals surface area contributed by atoms with Crippen LogP contribution in [0.3, 0.4) is 0 Å². The molecule has 0 spiro atoms. The third-order valence-electron chi connectivity index (χ3n) is 4.74. The van der Waals surface area contributed by atoms with E-state index in [1.807, 2.05) is 12.1 Å². The maximum absolute atomic E-state index is 12.0. The van der Waals surface area contributed by atoms with Crippen LogP contribution in [-0.4, -0.2) is 49.9 Å². The largest absolute Gasteiger partial charge is 0.463 e. The standard InChI is InChI=1S/C26H30O7/c27-23(21-9-3-1-4-10-21)13-7-15-25(29)32-19-17-31-18-20-33-26(30)16-8-14-24(28)22-11-5-2-6-12-22/h1-6,9-12H,7-8,13-20H2. The highest BCUT2D eigenvalue weighted by atomic mass is 16.6. The average molecular weight is 455 g/mol. The molecule has 33 heavy (non-hydrogen) atoms. The predicted molar refractivity (Wildman–Crippen MR) is 122 cm³/mol. The Morgan fingerprint density at radius 1 is 0.515 bits per heavy atom. The highest BCUT2D eigenvalue weighted by Gasteiger charge is 2.09. The van der Waals surface area contributed by atoms with E-state index >= 15 is 0 Å². The molecule has 0 saturated heterocycles. The summed E-state index contributed by atoms with van der Waals surface area (Å²) in [7, 11) is 0. The molecule has 2 rings (SSSR count). The molecule has 0 fully saturated rings. The van der Waals surface area contributed by atoms with Gasteiger partial charge in [-0.05, 0) is 12.8 Å². The van der Waals surface area contributed by atoms with Gasteiger partial charge in [0, 0.05) is 36.8 Å². The van der Waals surface area contributed by atoms with E-state index in [9.17, 15) is 19.2 Å². The summed E-state index contributed by atoms with van der Waals surface area (Å²) in [6, 6.07) is 17.9. The van der Waals surface area contributed by atoms with Crippen molar-refractivity contribution in [1.29, 1.82) is 0 Å². The van der Waals surface area contributed by atoms with E-state index in [0.29, 0.717) is 36.8 Å². The van der Waals surface area contributed by atoms with Crippen molar-refractivity contribution < 1.29 is 33.4 Å². The van der Waals surface area contributed by atoms with Gasteiger partial charge in [0.2, 0.25) is 0 Å². The van der Waals surface area contributed by atoms with Crippen LogP contribution < -0.4 is 0 Å². The molecular formula is C26H30O7. The molecule has 0 amide bonds. The second-order valence-electron chi connectivity index (χ2n) is 7.34. The highest BCUT2D eigenvalue weighted by molar-refractivity contribution is 5.96. The van der Waals surface area contributed by atoms with Crippen molar-refractivity contribution in [3.8, 4) is 0 Å². The van der Waals surface area contributed by atoms with E-state index < -0.39 is 0 Å². The SMILES string of the molecule is O=C(CCCC(=O)c1ccccc1)OCCOCCOC(=O)CCCC(=O)c1ccccc1. The van der Waals surface area contributed by atoms with Crippen LogP contribution >= 0.6 is 0 Å². The minimum absolute atomic E-state index is 0.00377. The van der Waals surface area contributed by atoms with Gasteiger partial charge in [-0.15, -0.1) is 0 Å². The summed E-state index contributed by atoms with van der Waals surface area (Å²) in [6.45, 7) is 0.581. The number of carbonyl (C=O) groups excluding carboxylic acids is 4. The lowest BCUT2D eigenvalue weighted by atomic mass is 10.1. The van der Waals surface area contributed by atoms with Gasteiger partial charge in [0.1, 0.15) is 13.2 Å². The van der Waals surface area contributed by atoms with E-state index in [1.165, 1.54) is 0 Å². The third-order valence-corrected chi connectivity index (χ3v) is 4.74. The van der Waals surface area contributed by atoms with Crippen LogP contribution in [0.5, 0.6) is 0 Å². The Kier molecular flexibility index (Phi) is 12.2. The van der Waals surface area contributed by atoms with Crippen molar-refractivity contribution in [2.45, 2.75) is 38.5 Å². The van der Waals surface area contributed by atoms with Crippen LogP contribution in [0.1, 0.15) is 59.2 Å². The molecule has 0 N–H and O–H groups in total. The highest BCUT2D eigenvalue weighted by Crippen LogP contribution is 2.08. The van der Waals surface area contributed by atoms with Crippen molar-refractivity contribution >= 4 is 23.5 Å². The van der Waals surface area contributed by atoms with Crippen LogP contribution in [0, 0.1) is 0 Å². The number of benzene rings is 2. The summed E-state index contributed by atoms with van der Waals surface area (Å²) in [4.78, 5) is 47.3. The molecule has 0 unspecified atom stereocenters. The van der Waals surface area contributed by atoms with Gasteiger partial charge in [-0.1, -0.05) is 60.7 Å². The molecule has 2 aromatic carbocycles. The summed E-state index contributed by atoms with van der Waals surface area (Å²) in [5.74, 6) is -0.750. The molecule has 0 saturated carbocycles. The van der Waals surface area contributed by atoms with Crippen molar-refractivity contribution in [2.24, 2.45) is 0 Å². The summed E-state index contributed by atoms with van der Waals surface area (Å²) < 4.78 is 15.4. The van der Waals surface area contributed by atoms with E-state index in [1.54, 1.807) is 48.5 Å². The Morgan fingerprint density at radius 2 is 0.909 bits per heavy atom. The summed E-state index contributed by atoms with van der Waals surface area (Å²) in [6.07, 6.45) is 1.79. The van der Waals surface area contributed by atoms with Crippen LogP contribution in [0.2, 0.25) is 0 Å². The lowest BCUT2D eigenvalue weighted by Gasteiger charge is -2.07. The molecular weight excluding hydrogens is 424 g/mol. The molecule has 0 aliphatic rings. The van der Waals surface area contributed by atoms with Crippen molar-refractivity contribution in [2.75, 3.05) is 26.4 Å². The normalized spacial score (nSPS) is 10.4. The molecule has 0 radical (unpaired) electrons. The first-order chi connectivity index (χ1) is 16.1. The maximum Gasteiger partial charge on any atom is 0.305 e. The summed E-state index contributed by atoms with van der Waals surface area (Å²) in [5.41, 5.74) is 1.28. The second-order valence-corrected chi connectivity index (χ2v) is 7.34. The first-order valence-corrected chi connectivity index (χ1v) is 11.1. The zero-order valence-corrected chi connectivity index (χ0v) is 18.7. The van der Waals surface area contributed by atoms with Crippen LogP contribution in [0.15, 0.2) is 60.7 Å². The lowest BCUT2D eigenvalue weighted by Crippen LogP contribution is -2.15. The Labute approximate surface area is 194 Å². The maximum atomic E-state index is 12.0. The van der Waals surface area contributed by atoms with Gasteiger partial charge < -0.3 is 14.2 Å². The Morgan fingerprint density at radius 3 is 1.30 bits per heavy atom. The van der Waals surface area contributed by atoms with E-state index in [4.69, 9.17) is 14.2 Å². The monoisotopic (exact) mass is 454 g/mol. The fraction of sp³-hybridized carbons (Fsp3) is 0.385. The van der Waals surface area contributed by atoms with Crippen LogP contribution in [0.25, 0.3) is 0 Å². The molecule has 7 nitrogen and oxygen atoms in total. The quantitative estimate of drug-likeness (QED) is 0.213. The second kappa shape index (κ2) is 15.5. The third kappa shape index (κ3) is 11.2. The van der Waals surface area contributed by atoms with Crippen molar-refractivity contribution in [3.05, 3.63) is 71.8 Å². The van der Waals surface area contributed by atoms with Gasteiger partial charge in [-0.2, -0.15) is 0 Å². The molecule has 0 aliphatic carbocycles. The molecule has 0 heterocycles. The van der Waals surface area contributed by atoms with Gasteiger partial charge in [0.25, 0.3) is 0 Å². The number of esters is 2. The van der Waals surface area contributed by atoms with Gasteiger partial charge in [-0.25, -0.2) is 0 Å². The zero-order valence-electron chi connectivity index (χ0n) is 18.7. The van der Waals surface area contributed by atoms with Crippen LogP contribution in [0.4, 0.5) is 0 Å². The number of Topliss-reactive ketones (excluding diaryl/α,β-unsaturated/α-hetero) is 2. The van der Waals surface area contributed by atoms with Gasteiger partial charge in [0.05, 0.1) is 13.2 Å². The predicted octanol–water partition coefficient (Wildman–Crippen LogP) is 4.20. The average Bonchev–Trinajstić information content (AvgIpc) is 2.84. The Bertz CT molecular complexity index is 805. The molecule has 7 heteroatoms. The Hall–Kier alpha value is -3.32. The molecule has 2 aromatic rings. The number of carbonyl (C=O) groups is 4. The summed E-state index contributed by atoms with van der Waals surface area (Å²) >= 11 is 0. The minimum atomic E-state index is -0.379. The van der Waals surface area contributed by atoms with Gasteiger partial charge >= 0.3 is 11.9 Å². The molecule has 0 bridgehead atoms. The number of ketones is 2. The summed E-state index contributed by atoms with van der Waals surface area (Å²) in [5, 5.41) is 0.